The Morgan fingerprint density at radius 3 is 2.67 bits per heavy atom. The Balaban J connectivity index is 1.82. The Kier molecular flexibility index (Phi) is 6.62. The number of hydrogen-bond donors (Lipinski definition) is 1. The molecule has 1 aromatic rings. The molecule has 0 bridgehead atoms. The summed E-state index contributed by atoms with van der Waals surface area (Å²) in [6, 6.07) is 7.57. The molecule has 6 nitrogen and oxygen atoms in total. The van der Waals surface area contributed by atoms with Crippen molar-refractivity contribution in [2.24, 2.45) is 5.92 Å². The maximum atomic E-state index is 12.3. The number of carbonyl (C=O) groups excluding carboxylic acids is 1. The zero-order chi connectivity index (χ0) is 17.6. The van der Waals surface area contributed by atoms with Crippen LogP contribution in [0.25, 0.3) is 0 Å². The molecule has 1 aromatic carbocycles. The fourth-order valence-electron chi connectivity index (χ4n) is 2.90. The van der Waals surface area contributed by atoms with E-state index in [1.165, 1.54) is 4.31 Å². The van der Waals surface area contributed by atoms with E-state index in [1.807, 2.05) is 31.2 Å². The summed E-state index contributed by atoms with van der Waals surface area (Å²) in [7, 11) is -1.55. The van der Waals surface area contributed by atoms with Crippen molar-refractivity contribution in [2.75, 3.05) is 26.0 Å². The standard InChI is InChI=1S/C17H26N2O4S/c1-3-11-24(21,22)19-9-7-15(8-10-19)17(20)18-13-14-5-4-6-16(12-14)23-2/h4-6,12,15H,3,7-11,13H2,1-2H3,(H,18,20). The number of nitrogens with one attached hydrogen (secondary N) is 1. The third kappa shape index (κ3) is 4.95. The van der Waals surface area contributed by atoms with Gasteiger partial charge in [-0.05, 0) is 37.0 Å². The average Bonchev–Trinajstić information content (AvgIpc) is 2.60. The fraction of sp³-hybridized carbons (Fsp3) is 0.588. The smallest absolute Gasteiger partial charge is 0.223 e. The van der Waals surface area contributed by atoms with E-state index in [4.69, 9.17) is 4.74 Å². The first-order valence-electron chi connectivity index (χ1n) is 8.34. The molecule has 1 N–H and O–H groups in total. The summed E-state index contributed by atoms with van der Waals surface area (Å²) < 4.78 is 30.8. The summed E-state index contributed by atoms with van der Waals surface area (Å²) >= 11 is 0. The number of nitrogens with zero attached hydrogens (tertiary/aromatic N) is 1. The van der Waals surface area contributed by atoms with Crippen LogP contribution in [0.4, 0.5) is 0 Å². The van der Waals surface area contributed by atoms with Gasteiger partial charge in [0.15, 0.2) is 0 Å². The normalized spacial score (nSPS) is 16.8. The lowest BCUT2D eigenvalue weighted by atomic mass is 9.97. The van der Waals surface area contributed by atoms with Gasteiger partial charge in [0.2, 0.25) is 15.9 Å². The lowest BCUT2D eigenvalue weighted by molar-refractivity contribution is -0.126. The first-order valence-corrected chi connectivity index (χ1v) is 9.95. The fourth-order valence-corrected chi connectivity index (χ4v) is 4.44. The third-order valence-electron chi connectivity index (χ3n) is 4.28. The van der Waals surface area contributed by atoms with Crippen molar-refractivity contribution in [3.63, 3.8) is 0 Å². The minimum Gasteiger partial charge on any atom is -0.497 e. The van der Waals surface area contributed by atoms with Crippen molar-refractivity contribution in [2.45, 2.75) is 32.7 Å². The van der Waals surface area contributed by atoms with Crippen molar-refractivity contribution in [1.82, 2.24) is 9.62 Å². The molecule has 1 aliphatic rings. The highest BCUT2D eigenvalue weighted by molar-refractivity contribution is 7.89. The number of hydrogen-bond acceptors (Lipinski definition) is 4. The molecule has 0 radical (unpaired) electrons. The summed E-state index contributed by atoms with van der Waals surface area (Å²) in [5.74, 6) is 0.810. The second-order valence-electron chi connectivity index (χ2n) is 6.06. The molecule has 2 rings (SSSR count). The van der Waals surface area contributed by atoms with E-state index in [0.29, 0.717) is 38.9 Å². The third-order valence-corrected chi connectivity index (χ3v) is 6.36. The highest BCUT2D eigenvalue weighted by atomic mass is 32.2. The van der Waals surface area contributed by atoms with Gasteiger partial charge in [-0.2, -0.15) is 0 Å². The van der Waals surface area contributed by atoms with Crippen molar-refractivity contribution in [1.29, 1.82) is 0 Å². The zero-order valence-corrected chi connectivity index (χ0v) is 15.1. The Morgan fingerprint density at radius 1 is 1.33 bits per heavy atom. The second-order valence-corrected chi connectivity index (χ2v) is 8.15. The summed E-state index contributed by atoms with van der Waals surface area (Å²) in [5.41, 5.74) is 0.977. The molecule has 1 aliphatic heterocycles. The monoisotopic (exact) mass is 354 g/mol. The largest absolute Gasteiger partial charge is 0.497 e. The SMILES string of the molecule is CCCS(=O)(=O)N1CCC(C(=O)NCc2cccc(OC)c2)CC1. The van der Waals surface area contributed by atoms with Crippen LogP contribution in [0.3, 0.4) is 0 Å². The minimum absolute atomic E-state index is 0.00893. The molecular weight excluding hydrogens is 328 g/mol. The van der Waals surface area contributed by atoms with Gasteiger partial charge in [-0.1, -0.05) is 19.1 Å². The number of sulfonamides is 1. The van der Waals surface area contributed by atoms with Crippen molar-refractivity contribution in [3.05, 3.63) is 29.8 Å². The molecule has 0 unspecified atom stereocenters. The average molecular weight is 354 g/mol. The summed E-state index contributed by atoms with van der Waals surface area (Å²) in [6.07, 6.45) is 1.77. The molecule has 1 fully saturated rings. The quantitative estimate of drug-likeness (QED) is 0.810. The van der Waals surface area contributed by atoms with E-state index in [0.717, 1.165) is 11.3 Å². The Labute approximate surface area is 144 Å². The van der Waals surface area contributed by atoms with Crippen LogP contribution < -0.4 is 10.1 Å². The maximum absolute atomic E-state index is 12.3. The van der Waals surface area contributed by atoms with E-state index < -0.39 is 10.0 Å². The molecule has 24 heavy (non-hydrogen) atoms. The Morgan fingerprint density at radius 2 is 2.04 bits per heavy atom. The number of methoxy groups -OCH3 is 1. The lowest BCUT2D eigenvalue weighted by Crippen LogP contribution is -2.43. The van der Waals surface area contributed by atoms with E-state index in [-0.39, 0.29) is 17.6 Å². The van der Waals surface area contributed by atoms with Gasteiger partial charge in [0.25, 0.3) is 0 Å². The Hall–Kier alpha value is -1.60. The summed E-state index contributed by atoms with van der Waals surface area (Å²) in [4.78, 5) is 12.3. The van der Waals surface area contributed by atoms with Gasteiger partial charge in [0.05, 0.1) is 12.9 Å². The van der Waals surface area contributed by atoms with E-state index in [2.05, 4.69) is 5.32 Å². The highest BCUT2D eigenvalue weighted by Gasteiger charge is 2.30. The van der Waals surface area contributed by atoms with Crippen LogP contribution in [0, 0.1) is 5.92 Å². The van der Waals surface area contributed by atoms with Crippen molar-refractivity contribution in [3.8, 4) is 5.75 Å². The van der Waals surface area contributed by atoms with Gasteiger partial charge in [-0.3, -0.25) is 4.79 Å². The number of benzene rings is 1. The molecule has 0 aliphatic carbocycles. The number of ether oxygens (including phenoxy) is 1. The van der Waals surface area contributed by atoms with Crippen LogP contribution in [-0.4, -0.2) is 44.6 Å². The first-order chi connectivity index (χ1) is 11.5. The molecule has 7 heteroatoms. The highest BCUT2D eigenvalue weighted by Crippen LogP contribution is 2.20. The van der Waals surface area contributed by atoms with E-state index in [9.17, 15) is 13.2 Å². The number of carbonyl (C=O) groups is 1. The van der Waals surface area contributed by atoms with Gasteiger partial charge in [0, 0.05) is 25.6 Å². The van der Waals surface area contributed by atoms with Crippen LogP contribution in [0.5, 0.6) is 5.75 Å². The van der Waals surface area contributed by atoms with Gasteiger partial charge >= 0.3 is 0 Å². The Bertz CT molecular complexity index is 652. The van der Waals surface area contributed by atoms with Crippen molar-refractivity contribution < 1.29 is 17.9 Å². The first kappa shape index (κ1) is 18.7. The molecular formula is C17H26N2O4S. The molecule has 0 spiro atoms. The van der Waals surface area contributed by atoms with Gasteiger partial charge in [-0.25, -0.2) is 12.7 Å². The van der Waals surface area contributed by atoms with Crippen LogP contribution >= 0.6 is 0 Å². The minimum atomic E-state index is -3.16. The van der Waals surface area contributed by atoms with E-state index >= 15 is 0 Å². The molecule has 0 atom stereocenters. The molecule has 1 saturated heterocycles. The summed E-state index contributed by atoms with van der Waals surface area (Å²) in [5, 5.41) is 2.94. The van der Waals surface area contributed by atoms with Crippen LogP contribution in [0.1, 0.15) is 31.7 Å². The number of amides is 1. The van der Waals surface area contributed by atoms with E-state index in [1.54, 1.807) is 7.11 Å². The van der Waals surface area contributed by atoms with Crippen LogP contribution in [0.15, 0.2) is 24.3 Å². The van der Waals surface area contributed by atoms with Gasteiger partial charge in [-0.15, -0.1) is 0 Å². The van der Waals surface area contributed by atoms with Gasteiger partial charge in [0.1, 0.15) is 5.75 Å². The van der Waals surface area contributed by atoms with Crippen molar-refractivity contribution >= 4 is 15.9 Å². The predicted molar refractivity (Wildman–Crippen MR) is 93.2 cm³/mol. The number of rotatable bonds is 7. The topological polar surface area (TPSA) is 75.7 Å². The lowest BCUT2D eigenvalue weighted by Gasteiger charge is -2.30. The number of piperidine rings is 1. The zero-order valence-electron chi connectivity index (χ0n) is 14.3. The predicted octanol–water partition coefficient (Wildman–Crippen LogP) is 1.76. The second kappa shape index (κ2) is 8.48. The van der Waals surface area contributed by atoms with Gasteiger partial charge < -0.3 is 10.1 Å². The molecule has 1 amide bonds. The van der Waals surface area contributed by atoms with Crippen LogP contribution in [-0.2, 0) is 21.4 Å². The molecule has 0 aromatic heterocycles. The summed E-state index contributed by atoms with van der Waals surface area (Å²) in [6.45, 7) is 3.17. The maximum Gasteiger partial charge on any atom is 0.223 e. The van der Waals surface area contributed by atoms with Crippen LogP contribution in [0.2, 0.25) is 0 Å². The molecule has 134 valence electrons. The molecule has 1 heterocycles. The molecule has 0 saturated carbocycles.